The summed E-state index contributed by atoms with van der Waals surface area (Å²) in [6, 6.07) is 4.76. The van der Waals surface area contributed by atoms with Crippen molar-refractivity contribution in [2.24, 2.45) is 0 Å². The highest BCUT2D eigenvalue weighted by Crippen LogP contribution is 2.22. The van der Waals surface area contributed by atoms with E-state index in [4.69, 9.17) is 5.11 Å². The lowest BCUT2D eigenvalue weighted by Crippen LogP contribution is -2.16. The normalized spacial score (nSPS) is 13.3. The number of rotatable bonds is 3. The molecule has 1 aliphatic carbocycles. The molecule has 6 nitrogen and oxygen atoms in total. The standard InChI is InChI=1S/C17H17N3O3/c1-10-13(17(22)23)6-7-15(19-10)16(21)20-12-8-11-4-2-3-5-14(11)18-9-12/h6-9H,2-5H2,1H3,(H,20,21)(H,22,23). The number of hydrogen-bond donors (Lipinski definition) is 2. The van der Waals surface area contributed by atoms with Gasteiger partial charge in [-0.1, -0.05) is 0 Å². The van der Waals surface area contributed by atoms with E-state index < -0.39 is 5.97 Å². The van der Waals surface area contributed by atoms with Gasteiger partial charge in [-0.2, -0.15) is 0 Å². The maximum Gasteiger partial charge on any atom is 0.337 e. The molecule has 0 aliphatic heterocycles. The van der Waals surface area contributed by atoms with E-state index in [0.717, 1.165) is 31.4 Å². The first-order valence-electron chi connectivity index (χ1n) is 7.54. The van der Waals surface area contributed by atoms with Gasteiger partial charge in [-0.05, 0) is 56.4 Å². The molecular formula is C17H17N3O3. The lowest BCUT2D eigenvalue weighted by atomic mass is 9.96. The van der Waals surface area contributed by atoms with Crippen LogP contribution in [0.2, 0.25) is 0 Å². The number of anilines is 1. The van der Waals surface area contributed by atoms with Gasteiger partial charge < -0.3 is 10.4 Å². The van der Waals surface area contributed by atoms with Crippen LogP contribution in [0.1, 0.15) is 50.6 Å². The molecule has 0 radical (unpaired) electrons. The minimum atomic E-state index is -1.05. The van der Waals surface area contributed by atoms with Crippen molar-refractivity contribution in [1.29, 1.82) is 0 Å². The molecule has 0 fully saturated rings. The Balaban J connectivity index is 1.79. The molecule has 0 bridgehead atoms. The average Bonchev–Trinajstić information content (AvgIpc) is 2.54. The summed E-state index contributed by atoms with van der Waals surface area (Å²) in [6.45, 7) is 1.57. The summed E-state index contributed by atoms with van der Waals surface area (Å²) in [6.07, 6.45) is 5.92. The number of pyridine rings is 2. The van der Waals surface area contributed by atoms with Crippen molar-refractivity contribution in [2.45, 2.75) is 32.6 Å². The zero-order chi connectivity index (χ0) is 16.4. The molecule has 6 heteroatoms. The van der Waals surface area contributed by atoms with E-state index in [9.17, 15) is 9.59 Å². The summed E-state index contributed by atoms with van der Waals surface area (Å²) < 4.78 is 0. The quantitative estimate of drug-likeness (QED) is 0.909. The molecule has 2 N–H and O–H groups in total. The van der Waals surface area contributed by atoms with Crippen LogP contribution < -0.4 is 5.32 Å². The molecule has 118 valence electrons. The number of nitrogens with one attached hydrogen (secondary N) is 1. The fourth-order valence-corrected chi connectivity index (χ4v) is 2.77. The third-order valence-electron chi connectivity index (χ3n) is 3.98. The zero-order valence-corrected chi connectivity index (χ0v) is 12.8. The minimum Gasteiger partial charge on any atom is -0.478 e. The lowest BCUT2D eigenvalue weighted by molar-refractivity contribution is 0.0695. The van der Waals surface area contributed by atoms with Gasteiger partial charge in [-0.15, -0.1) is 0 Å². The van der Waals surface area contributed by atoms with Gasteiger partial charge in [0, 0.05) is 5.69 Å². The van der Waals surface area contributed by atoms with Crippen molar-refractivity contribution < 1.29 is 14.7 Å². The molecule has 3 rings (SSSR count). The summed E-state index contributed by atoms with van der Waals surface area (Å²) in [5.41, 5.74) is 3.52. The number of fused-ring (bicyclic) bond motifs is 1. The van der Waals surface area contributed by atoms with Gasteiger partial charge in [0.2, 0.25) is 0 Å². The molecule has 0 unspecified atom stereocenters. The maximum atomic E-state index is 12.3. The Hall–Kier alpha value is -2.76. The van der Waals surface area contributed by atoms with Crippen LogP contribution in [0.15, 0.2) is 24.4 Å². The van der Waals surface area contributed by atoms with Gasteiger partial charge in [0.25, 0.3) is 5.91 Å². The van der Waals surface area contributed by atoms with Crippen LogP contribution in [0, 0.1) is 6.92 Å². The van der Waals surface area contributed by atoms with Crippen molar-refractivity contribution in [1.82, 2.24) is 9.97 Å². The SMILES string of the molecule is Cc1nc(C(=O)Nc2cnc3c(c2)CCCC3)ccc1C(=O)O. The number of hydrogen-bond acceptors (Lipinski definition) is 4. The van der Waals surface area contributed by atoms with Crippen LogP contribution in [0.3, 0.4) is 0 Å². The van der Waals surface area contributed by atoms with Gasteiger partial charge in [0.1, 0.15) is 5.69 Å². The Labute approximate surface area is 133 Å². The smallest absolute Gasteiger partial charge is 0.337 e. The topological polar surface area (TPSA) is 92.2 Å². The molecular weight excluding hydrogens is 294 g/mol. The zero-order valence-electron chi connectivity index (χ0n) is 12.8. The Bertz CT molecular complexity index is 787. The molecule has 0 aromatic carbocycles. The number of carboxylic acid groups (broad SMARTS) is 1. The van der Waals surface area contributed by atoms with Crippen molar-refractivity contribution in [2.75, 3.05) is 5.32 Å². The summed E-state index contributed by atoms with van der Waals surface area (Å²) in [4.78, 5) is 31.7. The number of carbonyl (C=O) groups excluding carboxylic acids is 1. The van der Waals surface area contributed by atoms with Crippen molar-refractivity contribution in [3.05, 3.63) is 52.6 Å². The molecule has 2 aromatic heterocycles. The van der Waals surface area contributed by atoms with E-state index in [2.05, 4.69) is 15.3 Å². The van der Waals surface area contributed by atoms with E-state index in [1.807, 2.05) is 6.07 Å². The maximum absolute atomic E-state index is 12.3. The Morgan fingerprint density at radius 1 is 1.22 bits per heavy atom. The van der Waals surface area contributed by atoms with E-state index in [1.165, 1.54) is 17.7 Å². The van der Waals surface area contributed by atoms with Gasteiger partial charge in [0.05, 0.1) is 23.1 Å². The largest absolute Gasteiger partial charge is 0.478 e. The molecule has 1 aliphatic rings. The first kappa shape index (κ1) is 15.1. The fraction of sp³-hybridized carbons (Fsp3) is 0.294. The minimum absolute atomic E-state index is 0.0944. The number of carbonyl (C=O) groups is 2. The first-order valence-corrected chi connectivity index (χ1v) is 7.54. The Morgan fingerprint density at radius 3 is 2.74 bits per heavy atom. The number of carboxylic acids is 1. The van der Waals surface area contributed by atoms with Crippen LogP contribution in [0.5, 0.6) is 0 Å². The van der Waals surface area contributed by atoms with Crippen LogP contribution >= 0.6 is 0 Å². The lowest BCUT2D eigenvalue weighted by Gasteiger charge is -2.15. The predicted molar refractivity (Wildman–Crippen MR) is 84.8 cm³/mol. The molecule has 2 heterocycles. The highest BCUT2D eigenvalue weighted by molar-refractivity contribution is 6.03. The van der Waals surface area contributed by atoms with Gasteiger partial charge in [0.15, 0.2) is 0 Å². The number of aromatic nitrogens is 2. The molecule has 0 atom stereocenters. The van der Waals surface area contributed by atoms with E-state index in [0.29, 0.717) is 11.4 Å². The second-order valence-corrected chi connectivity index (χ2v) is 5.63. The van der Waals surface area contributed by atoms with E-state index in [1.54, 1.807) is 13.1 Å². The number of aromatic carboxylic acids is 1. The molecule has 0 saturated heterocycles. The van der Waals surface area contributed by atoms with Crippen LogP contribution in [-0.2, 0) is 12.8 Å². The first-order chi connectivity index (χ1) is 11.0. The predicted octanol–water partition coefficient (Wildman–Crippen LogP) is 2.61. The Morgan fingerprint density at radius 2 is 2.00 bits per heavy atom. The fourth-order valence-electron chi connectivity index (χ4n) is 2.77. The summed E-state index contributed by atoms with van der Waals surface area (Å²) >= 11 is 0. The van der Waals surface area contributed by atoms with E-state index in [-0.39, 0.29) is 17.2 Å². The third-order valence-corrected chi connectivity index (χ3v) is 3.98. The van der Waals surface area contributed by atoms with Crippen LogP contribution in [0.4, 0.5) is 5.69 Å². The van der Waals surface area contributed by atoms with Crippen molar-refractivity contribution in [3.8, 4) is 0 Å². The summed E-state index contributed by atoms with van der Waals surface area (Å²) in [5, 5.41) is 11.8. The highest BCUT2D eigenvalue weighted by Gasteiger charge is 2.15. The number of aryl methyl sites for hydroxylation is 3. The molecule has 0 saturated carbocycles. The monoisotopic (exact) mass is 311 g/mol. The van der Waals surface area contributed by atoms with Gasteiger partial charge >= 0.3 is 5.97 Å². The van der Waals surface area contributed by atoms with Gasteiger partial charge in [-0.25, -0.2) is 9.78 Å². The van der Waals surface area contributed by atoms with Crippen molar-refractivity contribution in [3.63, 3.8) is 0 Å². The average molecular weight is 311 g/mol. The molecule has 1 amide bonds. The number of amides is 1. The van der Waals surface area contributed by atoms with E-state index >= 15 is 0 Å². The molecule has 2 aromatic rings. The van der Waals surface area contributed by atoms with Crippen molar-refractivity contribution >= 4 is 17.6 Å². The summed E-state index contributed by atoms with van der Waals surface area (Å²) in [5.74, 6) is -1.43. The van der Waals surface area contributed by atoms with Crippen LogP contribution in [-0.4, -0.2) is 27.0 Å². The molecule has 0 spiro atoms. The highest BCUT2D eigenvalue weighted by atomic mass is 16.4. The van der Waals surface area contributed by atoms with Crippen LogP contribution in [0.25, 0.3) is 0 Å². The Kier molecular flexibility index (Phi) is 4.06. The second kappa shape index (κ2) is 6.16. The third kappa shape index (κ3) is 3.21. The number of nitrogens with zero attached hydrogens (tertiary/aromatic N) is 2. The molecule has 23 heavy (non-hydrogen) atoms. The summed E-state index contributed by atoms with van der Waals surface area (Å²) in [7, 11) is 0. The van der Waals surface area contributed by atoms with Gasteiger partial charge in [-0.3, -0.25) is 9.78 Å². The second-order valence-electron chi connectivity index (χ2n) is 5.63.